The number of imidazole rings is 1. The van der Waals surface area contributed by atoms with Crippen LogP contribution in [0.1, 0.15) is 66.5 Å². The van der Waals surface area contributed by atoms with Crippen LogP contribution in [0.5, 0.6) is 0 Å². The average Bonchev–Trinajstić information content (AvgIpc) is 3.32. The van der Waals surface area contributed by atoms with E-state index < -0.39 is 23.9 Å². The van der Waals surface area contributed by atoms with Crippen molar-refractivity contribution in [3.63, 3.8) is 0 Å². The highest BCUT2D eigenvalue weighted by molar-refractivity contribution is 6.32. The van der Waals surface area contributed by atoms with Gasteiger partial charge in [-0.25, -0.2) is 20.4 Å². The molecule has 0 aliphatic rings. The Hall–Kier alpha value is -4.89. The number of rotatable bonds is 18. The van der Waals surface area contributed by atoms with Gasteiger partial charge in [-0.1, -0.05) is 73.5 Å². The van der Waals surface area contributed by atoms with Crippen molar-refractivity contribution in [3.8, 4) is 11.1 Å². The number of carbonyl (C=O) groups is 2. The first-order chi connectivity index (χ1) is 21.6. The standard InChI is InChI=1S/C29H36ClN7O8/c1-2-3-11-24-33-26(30)25(28(38)39)35(24)18-20-12-14-21(15-13-20)22-9-5-6-10-23(22)27(31)34-36(32)19-44-29(40)43-16-7-4-8-17-45-37(41)42/h5-6,9-10,12-15H,2-4,7-8,11,16-19,32H2,1H3,(H2,31,34)(H,38,39). The van der Waals surface area contributed by atoms with E-state index in [0.29, 0.717) is 37.1 Å². The first-order valence-electron chi connectivity index (χ1n) is 14.2. The minimum atomic E-state index is -1.14. The van der Waals surface area contributed by atoms with Crippen LogP contribution in [0.2, 0.25) is 5.15 Å². The van der Waals surface area contributed by atoms with Crippen molar-refractivity contribution >= 4 is 29.6 Å². The lowest BCUT2D eigenvalue weighted by molar-refractivity contribution is -0.757. The number of nitrogens with zero attached hydrogens (tertiary/aromatic N) is 5. The Bertz CT molecular complexity index is 1480. The summed E-state index contributed by atoms with van der Waals surface area (Å²) in [6, 6.07) is 14.8. The van der Waals surface area contributed by atoms with E-state index >= 15 is 0 Å². The van der Waals surface area contributed by atoms with Crippen molar-refractivity contribution in [2.45, 2.75) is 52.0 Å². The van der Waals surface area contributed by atoms with Crippen LogP contribution in [0.15, 0.2) is 53.6 Å². The van der Waals surface area contributed by atoms with Gasteiger partial charge in [0.15, 0.2) is 23.4 Å². The molecule has 5 N–H and O–H groups in total. The summed E-state index contributed by atoms with van der Waals surface area (Å²) in [6.07, 6.45) is 2.95. The molecule has 15 nitrogen and oxygen atoms in total. The number of nitrogens with two attached hydrogens (primary N) is 2. The lowest BCUT2D eigenvalue weighted by atomic mass is 9.98. The number of hydrazone groups is 1. The first kappa shape index (κ1) is 34.6. The maximum absolute atomic E-state index is 11.9. The molecule has 0 aliphatic heterocycles. The number of ether oxygens (including phenoxy) is 2. The predicted octanol–water partition coefficient (Wildman–Crippen LogP) is 4.58. The smallest absolute Gasteiger partial charge is 0.476 e. The van der Waals surface area contributed by atoms with Gasteiger partial charge in [-0.3, -0.25) is 0 Å². The number of halogens is 1. The van der Waals surface area contributed by atoms with Crippen LogP contribution >= 0.6 is 11.6 Å². The zero-order chi connectivity index (χ0) is 32.8. The van der Waals surface area contributed by atoms with Gasteiger partial charge in [0.05, 0.1) is 13.2 Å². The highest BCUT2D eigenvalue weighted by Gasteiger charge is 2.21. The van der Waals surface area contributed by atoms with Gasteiger partial charge < -0.3 is 29.7 Å². The van der Waals surface area contributed by atoms with Gasteiger partial charge in [0, 0.05) is 18.5 Å². The third kappa shape index (κ3) is 10.7. The van der Waals surface area contributed by atoms with Gasteiger partial charge in [-0.2, -0.15) is 5.12 Å². The summed E-state index contributed by atoms with van der Waals surface area (Å²) in [4.78, 5) is 42.3. The molecule has 0 saturated carbocycles. The summed E-state index contributed by atoms with van der Waals surface area (Å²) < 4.78 is 11.5. The summed E-state index contributed by atoms with van der Waals surface area (Å²) in [5, 5.41) is 23.9. The molecular formula is C29H36ClN7O8. The number of carboxylic acid groups (broad SMARTS) is 1. The lowest BCUT2D eigenvalue weighted by Crippen LogP contribution is -2.33. The highest BCUT2D eigenvalue weighted by Crippen LogP contribution is 2.26. The molecule has 0 spiro atoms. The second kappa shape index (κ2) is 17.4. The van der Waals surface area contributed by atoms with Gasteiger partial charge in [0.1, 0.15) is 5.82 Å². The molecule has 0 atom stereocenters. The van der Waals surface area contributed by atoms with E-state index in [1.54, 1.807) is 16.7 Å². The molecule has 1 aromatic heterocycles. The van der Waals surface area contributed by atoms with Crippen LogP contribution in [0.4, 0.5) is 4.79 Å². The fourth-order valence-corrected chi connectivity index (χ4v) is 4.63. The Morgan fingerprint density at radius 1 is 1.09 bits per heavy atom. The molecule has 3 rings (SSSR count). The maximum atomic E-state index is 11.9. The van der Waals surface area contributed by atoms with E-state index in [1.807, 2.05) is 43.3 Å². The van der Waals surface area contributed by atoms with E-state index in [-0.39, 0.29) is 36.4 Å². The van der Waals surface area contributed by atoms with Crippen LogP contribution in [-0.4, -0.2) is 62.8 Å². The number of benzene rings is 2. The quantitative estimate of drug-likeness (QED) is 0.0254. The first-order valence-corrected chi connectivity index (χ1v) is 14.6. The minimum Gasteiger partial charge on any atom is -0.476 e. The molecule has 0 radical (unpaired) electrons. The molecule has 0 saturated heterocycles. The van der Waals surface area contributed by atoms with Crippen molar-refractivity contribution < 1.29 is 34.1 Å². The summed E-state index contributed by atoms with van der Waals surface area (Å²) in [7, 11) is 0. The SMILES string of the molecule is CCCCc1nc(Cl)c(C(=O)O)n1Cc1ccc(-c2ccccc2/C(N)=N/N(N)COC(=O)OCCCCCO[N+](=O)[O-])cc1. The largest absolute Gasteiger partial charge is 0.510 e. The molecular weight excluding hydrogens is 610 g/mol. The number of carboxylic acids is 1. The van der Waals surface area contributed by atoms with Crippen LogP contribution in [0, 0.1) is 10.1 Å². The molecule has 0 aliphatic carbocycles. The van der Waals surface area contributed by atoms with E-state index in [0.717, 1.165) is 34.6 Å². The van der Waals surface area contributed by atoms with Crippen molar-refractivity contribution in [3.05, 3.63) is 86.4 Å². The second-order valence-corrected chi connectivity index (χ2v) is 10.2. The Morgan fingerprint density at radius 3 is 2.49 bits per heavy atom. The molecule has 3 aromatic rings. The number of hydrazine groups is 1. The average molecular weight is 646 g/mol. The van der Waals surface area contributed by atoms with Crippen molar-refractivity contribution in [2.24, 2.45) is 16.7 Å². The summed E-state index contributed by atoms with van der Waals surface area (Å²) in [5.74, 6) is 5.42. The van der Waals surface area contributed by atoms with Crippen LogP contribution in [0.3, 0.4) is 0 Å². The zero-order valence-electron chi connectivity index (χ0n) is 24.8. The van der Waals surface area contributed by atoms with E-state index in [9.17, 15) is 24.8 Å². The fourth-order valence-electron chi connectivity index (χ4n) is 4.35. The van der Waals surface area contributed by atoms with Crippen LogP contribution in [0.25, 0.3) is 11.1 Å². The van der Waals surface area contributed by atoms with E-state index in [4.69, 9.17) is 32.7 Å². The van der Waals surface area contributed by atoms with E-state index in [2.05, 4.69) is 14.9 Å². The molecule has 242 valence electrons. The highest BCUT2D eigenvalue weighted by atomic mass is 35.5. The molecule has 45 heavy (non-hydrogen) atoms. The third-order valence-electron chi connectivity index (χ3n) is 6.53. The molecule has 0 bridgehead atoms. The number of amidine groups is 1. The number of aromatic nitrogens is 2. The van der Waals surface area contributed by atoms with E-state index in [1.165, 1.54) is 0 Å². The number of aryl methyl sites for hydroxylation is 1. The monoisotopic (exact) mass is 645 g/mol. The molecule has 16 heteroatoms. The number of aromatic carboxylic acids is 1. The Balaban J connectivity index is 1.61. The third-order valence-corrected chi connectivity index (χ3v) is 6.79. The Kier molecular flexibility index (Phi) is 13.4. The summed E-state index contributed by atoms with van der Waals surface area (Å²) in [5.41, 5.74) is 9.25. The number of hydrogen-bond donors (Lipinski definition) is 3. The van der Waals surface area contributed by atoms with Gasteiger partial charge in [-0.05, 0) is 42.4 Å². The molecule has 2 aromatic carbocycles. The molecule has 1 heterocycles. The lowest BCUT2D eigenvalue weighted by Gasteiger charge is -2.15. The van der Waals surface area contributed by atoms with Gasteiger partial charge in [0.2, 0.25) is 0 Å². The van der Waals surface area contributed by atoms with Crippen molar-refractivity contribution in [2.75, 3.05) is 19.9 Å². The summed E-state index contributed by atoms with van der Waals surface area (Å²) in [6.45, 7) is 1.95. The van der Waals surface area contributed by atoms with Crippen molar-refractivity contribution in [1.29, 1.82) is 0 Å². The fraction of sp³-hybridized carbons (Fsp3) is 0.379. The van der Waals surface area contributed by atoms with Crippen LogP contribution < -0.4 is 11.6 Å². The zero-order valence-corrected chi connectivity index (χ0v) is 25.5. The topological polar surface area (TPSA) is 211 Å². The molecule has 0 fully saturated rings. The Labute approximate surface area is 264 Å². The molecule has 0 amide bonds. The summed E-state index contributed by atoms with van der Waals surface area (Å²) >= 11 is 6.16. The maximum Gasteiger partial charge on any atom is 0.510 e. The number of hydrogen-bond acceptors (Lipinski definition) is 11. The molecule has 0 unspecified atom stereocenters. The van der Waals surface area contributed by atoms with Gasteiger partial charge in [0.25, 0.3) is 5.09 Å². The van der Waals surface area contributed by atoms with Gasteiger partial charge in [-0.15, -0.1) is 15.2 Å². The second-order valence-electron chi connectivity index (χ2n) is 9.82. The van der Waals surface area contributed by atoms with Crippen molar-refractivity contribution in [1.82, 2.24) is 14.7 Å². The minimum absolute atomic E-state index is 0.0230. The van der Waals surface area contributed by atoms with Gasteiger partial charge >= 0.3 is 12.1 Å². The normalized spacial score (nSPS) is 11.2. The predicted molar refractivity (Wildman–Crippen MR) is 165 cm³/mol. The van der Waals surface area contributed by atoms with Crippen LogP contribution in [-0.2, 0) is 27.3 Å². The number of carbonyl (C=O) groups excluding carboxylic acids is 1. The number of unbranched alkanes of at least 4 members (excludes halogenated alkanes) is 3. The Morgan fingerprint density at radius 2 is 1.80 bits per heavy atom.